The highest BCUT2D eigenvalue weighted by atomic mass is 16.3. The van der Waals surface area contributed by atoms with Gasteiger partial charge in [-0.05, 0) is 42.8 Å². The van der Waals surface area contributed by atoms with Gasteiger partial charge in [-0.2, -0.15) is 0 Å². The number of benzene rings is 4. The fraction of sp³-hybridized carbons (Fsp3) is 0.0400. The zero-order valence-corrected chi connectivity index (χ0v) is 14.9. The van der Waals surface area contributed by atoms with Gasteiger partial charge in [-0.15, -0.1) is 0 Å². The molecule has 2 nitrogen and oxygen atoms in total. The number of fused-ring (bicyclic) bond motifs is 6. The molecule has 0 amide bonds. The SMILES string of the molecule is Cc1ccc2[nH]c3ccc(-c4cccc5c4oc4ccccc45)cc3c2c1. The second kappa shape index (κ2) is 5.24. The van der Waals surface area contributed by atoms with Gasteiger partial charge in [0.05, 0.1) is 0 Å². The summed E-state index contributed by atoms with van der Waals surface area (Å²) in [7, 11) is 0. The van der Waals surface area contributed by atoms with Crippen molar-refractivity contribution in [3.63, 3.8) is 0 Å². The molecule has 0 saturated heterocycles. The zero-order chi connectivity index (χ0) is 18.0. The van der Waals surface area contributed by atoms with Gasteiger partial charge in [0.1, 0.15) is 11.2 Å². The van der Waals surface area contributed by atoms with E-state index >= 15 is 0 Å². The van der Waals surface area contributed by atoms with E-state index in [9.17, 15) is 0 Å². The Morgan fingerprint density at radius 3 is 2.37 bits per heavy atom. The van der Waals surface area contributed by atoms with Crippen LogP contribution in [0.15, 0.2) is 83.3 Å². The van der Waals surface area contributed by atoms with E-state index < -0.39 is 0 Å². The Hall–Kier alpha value is -3.52. The van der Waals surface area contributed by atoms with Crippen molar-refractivity contribution in [3.8, 4) is 11.1 Å². The van der Waals surface area contributed by atoms with Crippen LogP contribution in [-0.4, -0.2) is 4.98 Å². The van der Waals surface area contributed by atoms with Gasteiger partial charge in [-0.3, -0.25) is 0 Å². The van der Waals surface area contributed by atoms with Crippen LogP contribution in [0.4, 0.5) is 0 Å². The highest BCUT2D eigenvalue weighted by Gasteiger charge is 2.13. The number of furan rings is 1. The third kappa shape index (κ3) is 2.07. The highest BCUT2D eigenvalue weighted by molar-refractivity contribution is 6.12. The smallest absolute Gasteiger partial charge is 0.143 e. The molecule has 0 fully saturated rings. The minimum Gasteiger partial charge on any atom is -0.455 e. The Balaban J connectivity index is 1.67. The first-order chi connectivity index (χ1) is 13.3. The molecule has 0 radical (unpaired) electrons. The molecule has 0 aliphatic heterocycles. The van der Waals surface area contributed by atoms with Gasteiger partial charge in [0.25, 0.3) is 0 Å². The van der Waals surface area contributed by atoms with E-state index in [0.717, 1.165) is 33.0 Å². The molecule has 27 heavy (non-hydrogen) atoms. The molecular formula is C25H17NO. The quantitative estimate of drug-likeness (QED) is 0.335. The van der Waals surface area contributed by atoms with Crippen LogP contribution in [0.2, 0.25) is 0 Å². The van der Waals surface area contributed by atoms with Crippen molar-refractivity contribution in [3.05, 3.63) is 84.4 Å². The van der Waals surface area contributed by atoms with Crippen molar-refractivity contribution in [1.82, 2.24) is 4.98 Å². The van der Waals surface area contributed by atoms with Crippen molar-refractivity contribution in [1.29, 1.82) is 0 Å². The van der Waals surface area contributed by atoms with E-state index in [1.54, 1.807) is 0 Å². The third-order valence-electron chi connectivity index (χ3n) is 5.47. The fourth-order valence-electron chi connectivity index (χ4n) is 4.15. The maximum absolute atomic E-state index is 6.23. The van der Waals surface area contributed by atoms with Gasteiger partial charge < -0.3 is 9.40 Å². The number of hydrogen-bond acceptors (Lipinski definition) is 1. The van der Waals surface area contributed by atoms with E-state index in [1.165, 1.54) is 27.4 Å². The van der Waals surface area contributed by atoms with Gasteiger partial charge in [0, 0.05) is 38.1 Å². The largest absolute Gasteiger partial charge is 0.455 e. The van der Waals surface area contributed by atoms with Crippen molar-refractivity contribution in [2.45, 2.75) is 6.92 Å². The summed E-state index contributed by atoms with van der Waals surface area (Å²) in [6.45, 7) is 2.14. The Labute approximate surface area is 156 Å². The minimum absolute atomic E-state index is 0.934. The Bertz CT molecular complexity index is 1480. The molecule has 0 bridgehead atoms. The standard InChI is InChI=1S/C25H17NO/c1-15-9-11-22-20(13-15)21-14-16(10-12-23(21)26-22)17-6-4-7-19-18-5-2-3-8-24(18)27-25(17)19/h2-14,26H,1H3. The maximum atomic E-state index is 6.23. The van der Waals surface area contributed by atoms with E-state index in [4.69, 9.17) is 4.42 Å². The van der Waals surface area contributed by atoms with Gasteiger partial charge >= 0.3 is 0 Å². The number of aromatic amines is 1. The molecule has 0 spiro atoms. The molecule has 0 saturated carbocycles. The summed E-state index contributed by atoms with van der Waals surface area (Å²) in [5.74, 6) is 0. The molecule has 0 aliphatic rings. The van der Waals surface area contributed by atoms with Crippen molar-refractivity contribution >= 4 is 43.7 Å². The third-order valence-corrected chi connectivity index (χ3v) is 5.47. The molecule has 6 rings (SSSR count). The van der Waals surface area contributed by atoms with Crippen LogP contribution in [0.5, 0.6) is 0 Å². The number of hydrogen-bond donors (Lipinski definition) is 1. The van der Waals surface area contributed by atoms with Crippen LogP contribution in [0.25, 0.3) is 54.9 Å². The molecule has 1 N–H and O–H groups in total. The van der Waals surface area contributed by atoms with E-state index in [2.05, 4.69) is 78.6 Å². The average molecular weight is 347 g/mol. The van der Waals surface area contributed by atoms with E-state index in [0.29, 0.717) is 0 Å². The summed E-state index contributed by atoms with van der Waals surface area (Å²) in [5, 5.41) is 4.85. The molecule has 4 aromatic carbocycles. The molecule has 2 heterocycles. The summed E-state index contributed by atoms with van der Waals surface area (Å²) in [6, 6.07) is 27.8. The number of rotatable bonds is 1. The lowest BCUT2D eigenvalue weighted by Gasteiger charge is -2.03. The number of aryl methyl sites for hydroxylation is 1. The van der Waals surface area contributed by atoms with Crippen LogP contribution < -0.4 is 0 Å². The molecule has 2 heteroatoms. The first-order valence-corrected chi connectivity index (χ1v) is 9.21. The Morgan fingerprint density at radius 1 is 0.667 bits per heavy atom. The fourth-order valence-corrected chi connectivity index (χ4v) is 4.15. The second-order valence-electron chi connectivity index (χ2n) is 7.21. The number of nitrogens with one attached hydrogen (secondary N) is 1. The predicted molar refractivity (Wildman–Crippen MR) is 113 cm³/mol. The lowest BCUT2D eigenvalue weighted by Crippen LogP contribution is -1.79. The average Bonchev–Trinajstić information content (AvgIpc) is 3.25. The minimum atomic E-state index is 0.934. The summed E-state index contributed by atoms with van der Waals surface area (Å²) < 4.78 is 6.23. The Morgan fingerprint density at radius 2 is 1.44 bits per heavy atom. The van der Waals surface area contributed by atoms with Gasteiger partial charge in [-0.25, -0.2) is 0 Å². The van der Waals surface area contributed by atoms with Crippen molar-refractivity contribution < 1.29 is 4.42 Å². The summed E-state index contributed by atoms with van der Waals surface area (Å²) >= 11 is 0. The lowest BCUT2D eigenvalue weighted by atomic mass is 10.00. The predicted octanol–water partition coefficient (Wildman–Crippen LogP) is 7.20. The van der Waals surface area contributed by atoms with Gasteiger partial charge in [0.15, 0.2) is 0 Å². The van der Waals surface area contributed by atoms with Crippen LogP contribution in [0.1, 0.15) is 5.56 Å². The summed E-state index contributed by atoms with van der Waals surface area (Å²) in [4.78, 5) is 3.52. The van der Waals surface area contributed by atoms with Crippen LogP contribution in [-0.2, 0) is 0 Å². The lowest BCUT2D eigenvalue weighted by molar-refractivity contribution is 0.670. The molecule has 0 aliphatic carbocycles. The van der Waals surface area contributed by atoms with Crippen LogP contribution >= 0.6 is 0 Å². The molecular weight excluding hydrogens is 330 g/mol. The maximum Gasteiger partial charge on any atom is 0.143 e. The van der Waals surface area contributed by atoms with Crippen molar-refractivity contribution in [2.24, 2.45) is 0 Å². The first-order valence-electron chi connectivity index (χ1n) is 9.21. The molecule has 6 aromatic rings. The Kier molecular flexibility index (Phi) is 2.84. The van der Waals surface area contributed by atoms with E-state index in [-0.39, 0.29) is 0 Å². The van der Waals surface area contributed by atoms with Gasteiger partial charge in [0.2, 0.25) is 0 Å². The number of para-hydroxylation sites is 2. The molecule has 0 atom stereocenters. The monoisotopic (exact) mass is 347 g/mol. The molecule has 0 unspecified atom stereocenters. The zero-order valence-electron chi connectivity index (χ0n) is 14.9. The van der Waals surface area contributed by atoms with E-state index in [1.807, 2.05) is 12.1 Å². The number of H-pyrrole nitrogens is 1. The molecule has 2 aromatic heterocycles. The summed E-state index contributed by atoms with van der Waals surface area (Å²) in [5.41, 5.74) is 7.80. The van der Waals surface area contributed by atoms with Gasteiger partial charge in [-0.1, -0.05) is 54.1 Å². The van der Waals surface area contributed by atoms with Crippen molar-refractivity contribution in [2.75, 3.05) is 0 Å². The van der Waals surface area contributed by atoms with Crippen LogP contribution in [0, 0.1) is 6.92 Å². The normalized spacial score (nSPS) is 11.9. The second-order valence-corrected chi connectivity index (χ2v) is 7.21. The first kappa shape index (κ1) is 14.6. The topological polar surface area (TPSA) is 28.9 Å². The highest BCUT2D eigenvalue weighted by Crippen LogP contribution is 2.37. The van der Waals surface area contributed by atoms with Crippen LogP contribution in [0.3, 0.4) is 0 Å². The number of aromatic nitrogens is 1. The summed E-state index contributed by atoms with van der Waals surface area (Å²) in [6.07, 6.45) is 0. The molecule has 128 valence electrons.